The zero-order valence-corrected chi connectivity index (χ0v) is 15.4. The van der Waals surface area contributed by atoms with Crippen molar-refractivity contribution in [3.63, 3.8) is 0 Å². The molecule has 136 valence electrons. The van der Waals surface area contributed by atoms with E-state index in [2.05, 4.69) is 19.2 Å². The normalized spacial score (nSPS) is 11.4. The Morgan fingerprint density at radius 2 is 1.96 bits per heavy atom. The molecule has 0 aliphatic heterocycles. The molecule has 0 bridgehead atoms. The molecule has 1 N–H and O–H groups in total. The van der Waals surface area contributed by atoms with Gasteiger partial charge in [0.1, 0.15) is 17.4 Å². The molecule has 1 amide bonds. The Hall–Kier alpha value is -2.84. The van der Waals surface area contributed by atoms with Crippen LogP contribution in [0, 0.1) is 17.2 Å². The van der Waals surface area contributed by atoms with Crippen LogP contribution in [0.4, 0.5) is 0 Å². The minimum absolute atomic E-state index is 0.0575. The first-order chi connectivity index (χ1) is 12.6. The van der Waals surface area contributed by atoms with Crippen LogP contribution in [0.15, 0.2) is 42.0 Å². The molecule has 26 heavy (non-hydrogen) atoms. The van der Waals surface area contributed by atoms with Crippen LogP contribution < -0.4 is 10.1 Å². The average molecular weight is 352 g/mol. The minimum atomic E-state index is -0.409. The molecular formula is C21H24N2O3. The van der Waals surface area contributed by atoms with E-state index in [9.17, 15) is 10.1 Å². The van der Waals surface area contributed by atoms with Crippen molar-refractivity contribution in [1.82, 2.24) is 5.32 Å². The van der Waals surface area contributed by atoms with Gasteiger partial charge in [-0.2, -0.15) is 5.26 Å². The third kappa shape index (κ3) is 5.08. The predicted octanol–water partition coefficient (Wildman–Crippen LogP) is 3.54. The highest BCUT2D eigenvalue weighted by Crippen LogP contribution is 2.30. The molecule has 2 rings (SSSR count). The fraction of sp³-hybridized carbons (Fsp3) is 0.333. The number of nitrogens with one attached hydrogen (secondary N) is 1. The predicted molar refractivity (Wildman–Crippen MR) is 103 cm³/mol. The first-order valence-corrected chi connectivity index (χ1v) is 8.60. The molecule has 0 heterocycles. The van der Waals surface area contributed by atoms with Crippen LogP contribution in [-0.4, -0.2) is 32.8 Å². The molecule has 2 aromatic rings. The monoisotopic (exact) mass is 352 g/mol. The van der Waals surface area contributed by atoms with E-state index in [0.29, 0.717) is 25.7 Å². The summed E-state index contributed by atoms with van der Waals surface area (Å²) < 4.78 is 10.8. The Kier molecular flexibility index (Phi) is 7.19. The van der Waals surface area contributed by atoms with Crippen LogP contribution in [0.1, 0.15) is 19.4 Å². The standard InChI is InChI=1S/C21H24N2O3/c1-15(2)14-26-20-9-8-16(18-6-4-5-7-19(18)20)12-17(13-22)21(24)23-10-11-25-3/h4-9,12,15H,10-11,14H2,1-3H3,(H,23,24)/b17-12-. The fourth-order valence-corrected chi connectivity index (χ4v) is 2.47. The van der Waals surface area contributed by atoms with Crippen LogP contribution >= 0.6 is 0 Å². The summed E-state index contributed by atoms with van der Waals surface area (Å²) in [5.74, 6) is 0.817. The van der Waals surface area contributed by atoms with Crippen molar-refractivity contribution in [3.05, 3.63) is 47.5 Å². The van der Waals surface area contributed by atoms with Gasteiger partial charge in [0.15, 0.2) is 0 Å². The average Bonchev–Trinajstić information content (AvgIpc) is 2.65. The van der Waals surface area contributed by atoms with Gasteiger partial charge in [-0.25, -0.2) is 0 Å². The molecule has 5 heteroatoms. The van der Waals surface area contributed by atoms with Gasteiger partial charge in [-0.1, -0.05) is 44.2 Å². The lowest BCUT2D eigenvalue weighted by atomic mass is 10.0. The Bertz CT molecular complexity index is 835. The maximum Gasteiger partial charge on any atom is 0.262 e. The number of carbonyl (C=O) groups is 1. The molecule has 0 radical (unpaired) electrons. The maximum atomic E-state index is 12.2. The molecule has 0 fully saturated rings. The first kappa shape index (κ1) is 19.5. The number of nitrogens with zero attached hydrogens (tertiary/aromatic N) is 1. The van der Waals surface area contributed by atoms with E-state index < -0.39 is 5.91 Å². The second-order valence-corrected chi connectivity index (χ2v) is 6.32. The van der Waals surface area contributed by atoms with E-state index in [4.69, 9.17) is 9.47 Å². The summed E-state index contributed by atoms with van der Waals surface area (Å²) in [4.78, 5) is 12.2. The lowest BCUT2D eigenvalue weighted by Crippen LogP contribution is -2.27. The highest BCUT2D eigenvalue weighted by Gasteiger charge is 2.11. The number of fused-ring (bicyclic) bond motifs is 1. The van der Waals surface area contributed by atoms with Crippen molar-refractivity contribution >= 4 is 22.8 Å². The Morgan fingerprint density at radius 3 is 2.62 bits per heavy atom. The largest absolute Gasteiger partial charge is 0.493 e. The quantitative estimate of drug-likeness (QED) is 0.448. The van der Waals surface area contributed by atoms with E-state index in [1.165, 1.54) is 0 Å². The zero-order chi connectivity index (χ0) is 18.9. The number of nitriles is 1. The molecule has 0 aliphatic rings. The summed E-state index contributed by atoms with van der Waals surface area (Å²) in [5, 5.41) is 13.9. The van der Waals surface area contributed by atoms with Gasteiger partial charge in [-0.05, 0) is 29.0 Å². The summed E-state index contributed by atoms with van der Waals surface area (Å²) in [6.07, 6.45) is 1.61. The molecule has 0 unspecified atom stereocenters. The van der Waals surface area contributed by atoms with Crippen molar-refractivity contribution in [2.24, 2.45) is 5.92 Å². The molecule has 0 saturated heterocycles. The number of rotatable bonds is 8. The van der Waals surface area contributed by atoms with Crippen LogP contribution in [0.5, 0.6) is 5.75 Å². The van der Waals surface area contributed by atoms with Crippen LogP contribution in [0.25, 0.3) is 16.8 Å². The van der Waals surface area contributed by atoms with Crippen molar-refractivity contribution < 1.29 is 14.3 Å². The topological polar surface area (TPSA) is 71.3 Å². The summed E-state index contributed by atoms with van der Waals surface area (Å²) >= 11 is 0. The third-order valence-electron chi connectivity index (χ3n) is 3.75. The van der Waals surface area contributed by atoms with Crippen LogP contribution in [0.3, 0.4) is 0 Å². The third-order valence-corrected chi connectivity index (χ3v) is 3.75. The van der Waals surface area contributed by atoms with Gasteiger partial charge in [0.2, 0.25) is 0 Å². The number of methoxy groups -OCH3 is 1. The smallest absolute Gasteiger partial charge is 0.262 e. The zero-order valence-electron chi connectivity index (χ0n) is 15.4. The van der Waals surface area contributed by atoms with Gasteiger partial charge in [0.05, 0.1) is 13.2 Å². The number of amides is 1. The Balaban J connectivity index is 2.36. The minimum Gasteiger partial charge on any atom is -0.493 e. The summed E-state index contributed by atoms with van der Waals surface area (Å²) in [6.45, 7) is 5.58. The van der Waals surface area contributed by atoms with E-state index in [1.807, 2.05) is 42.5 Å². The maximum absolute atomic E-state index is 12.2. The van der Waals surface area contributed by atoms with Crippen molar-refractivity contribution in [3.8, 4) is 11.8 Å². The van der Waals surface area contributed by atoms with Crippen molar-refractivity contribution in [2.45, 2.75) is 13.8 Å². The summed E-state index contributed by atoms with van der Waals surface area (Å²) in [5.41, 5.74) is 0.859. The number of hydrogen-bond donors (Lipinski definition) is 1. The number of carbonyl (C=O) groups excluding carboxylic acids is 1. The van der Waals surface area contributed by atoms with E-state index in [1.54, 1.807) is 13.2 Å². The van der Waals surface area contributed by atoms with Crippen molar-refractivity contribution in [2.75, 3.05) is 26.9 Å². The van der Waals surface area contributed by atoms with Gasteiger partial charge in [-0.15, -0.1) is 0 Å². The van der Waals surface area contributed by atoms with E-state index >= 15 is 0 Å². The van der Waals surface area contributed by atoms with Gasteiger partial charge < -0.3 is 14.8 Å². The molecule has 0 aliphatic carbocycles. The lowest BCUT2D eigenvalue weighted by molar-refractivity contribution is -0.117. The molecule has 5 nitrogen and oxygen atoms in total. The summed E-state index contributed by atoms with van der Waals surface area (Å²) in [7, 11) is 1.56. The number of hydrogen-bond acceptors (Lipinski definition) is 4. The van der Waals surface area contributed by atoms with Gasteiger partial charge >= 0.3 is 0 Å². The van der Waals surface area contributed by atoms with E-state index in [-0.39, 0.29) is 5.57 Å². The first-order valence-electron chi connectivity index (χ1n) is 8.60. The highest BCUT2D eigenvalue weighted by molar-refractivity contribution is 6.04. The van der Waals surface area contributed by atoms with Crippen LogP contribution in [-0.2, 0) is 9.53 Å². The molecule has 2 aromatic carbocycles. The number of ether oxygens (including phenoxy) is 2. The van der Waals surface area contributed by atoms with Crippen LogP contribution in [0.2, 0.25) is 0 Å². The van der Waals surface area contributed by atoms with Gasteiger partial charge in [0.25, 0.3) is 5.91 Å². The molecule has 0 saturated carbocycles. The SMILES string of the molecule is COCCNC(=O)/C(C#N)=C\c1ccc(OCC(C)C)c2ccccc12. The Labute approximate surface area is 154 Å². The Morgan fingerprint density at radius 1 is 1.23 bits per heavy atom. The second-order valence-electron chi connectivity index (χ2n) is 6.32. The molecular weight excluding hydrogens is 328 g/mol. The molecule has 0 spiro atoms. The van der Waals surface area contributed by atoms with E-state index in [0.717, 1.165) is 22.1 Å². The van der Waals surface area contributed by atoms with Gasteiger partial charge in [-0.3, -0.25) is 4.79 Å². The molecule has 0 aromatic heterocycles. The lowest BCUT2D eigenvalue weighted by Gasteiger charge is -2.13. The number of benzene rings is 2. The van der Waals surface area contributed by atoms with Gasteiger partial charge in [0, 0.05) is 19.0 Å². The summed E-state index contributed by atoms with van der Waals surface area (Å²) in [6, 6.07) is 13.5. The highest BCUT2D eigenvalue weighted by atomic mass is 16.5. The molecule has 0 atom stereocenters. The fourth-order valence-electron chi connectivity index (χ4n) is 2.47. The second kappa shape index (κ2) is 9.59. The van der Waals surface area contributed by atoms with Crippen molar-refractivity contribution in [1.29, 1.82) is 5.26 Å².